The van der Waals surface area contributed by atoms with Crippen molar-refractivity contribution in [3.63, 3.8) is 0 Å². The van der Waals surface area contributed by atoms with Gasteiger partial charge in [0, 0.05) is 44.5 Å². The summed E-state index contributed by atoms with van der Waals surface area (Å²) in [5.41, 5.74) is 1.68. The lowest BCUT2D eigenvalue weighted by Crippen LogP contribution is -2.50. The Morgan fingerprint density at radius 2 is 1.88 bits per heavy atom. The molecule has 0 spiro atoms. The number of hydrogen-bond acceptors (Lipinski definition) is 4. The quantitative estimate of drug-likeness (QED) is 0.788. The molecular weight excluding hydrogens is 332 g/mol. The molecule has 4 heterocycles. The number of amides is 2. The van der Waals surface area contributed by atoms with Crippen LogP contribution in [0.4, 0.5) is 0 Å². The van der Waals surface area contributed by atoms with E-state index in [0.717, 1.165) is 31.5 Å². The zero-order valence-corrected chi connectivity index (χ0v) is 14.6. The highest BCUT2D eigenvalue weighted by Gasteiger charge is 2.26. The van der Waals surface area contributed by atoms with Crippen LogP contribution in [-0.4, -0.2) is 57.6 Å². The number of nitrogens with zero attached hydrogens (tertiary/aromatic N) is 4. The standard InChI is InChI=1S/C19H22N4O3/c24-18(7-6-16-5-3-13-26-16)21-9-11-22(12-10-21)19(25)17-14-15-4-1-2-8-23(15)20-17/h3,5-7,13-14H,1-2,4,8-12H2. The van der Waals surface area contributed by atoms with Gasteiger partial charge in [0.1, 0.15) is 5.76 Å². The van der Waals surface area contributed by atoms with Gasteiger partial charge in [-0.15, -0.1) is 0 Å². The van der Waals surface area contributed by atoms with E-state index in [4.69, 9.17) is 4.42 Å². The highest BCUT2D eigenvalue weighted by Crippen LogP contribution is 2.17. The average molecular weight is 354 g/mol. The molecule has 1 fully saturated rings. The van der Waals surface area contributed by atoms with E-state index in [1.54, 1.807) is 34.3 Å². The van der Waals surface area contributed by atoms with E-state index in [-0.39, 0.29) is 11.8 Å². The largest absolute Gasteiger partial charge is 0.465 e. The number of carbonyl (C=O) groups is 2. The molecule has 2 aliphatic heterocycles. The predicted octanol–water partition coefficient (Wildman–Crippen LogP) is 1.81. The molecule has 0 unspecified atom stereocenters. The van der Waals surface area contributed by atoms with Crippen LogP contribution in [0.3, 0.4) is 0 Å². The summed E-state index contributed by atoms with van der Waals surface area (Å²) in [4.78, 5) is 28.5. The van der Waals surface area contributed by atoms with Crippen LogP contribution in [-0.2, 0) is 17.8 Å². The lowest BCUT2D eigenvalue weighted by atomic mass is 10.1. The SMILES string of the molecule is O=C(C=Cc1ccco1)N1CCN(C(=O)c2cc3n(n2)CCCC3)CC1. The van der Waals surface area contributed by atoms with E-state index in [9.17, 15) is 9.59 Å². The Labute approximate surface area is 151 Å². The first-order valence-corrected chi connectivity index (χ1v) is 9.07. The van der Waals surface area contributed by atoms with Crippen molar-refractivity contribution in [1.29, 1.82) is 0 Å². The zero-order valence-electron chi connectivity index (χ0n) is 14.6. The highest BCUT2D eigenvalue weighted by molar-refractivity contribution is 5.93. The molecule has 7 heteroatoms. The van der Waals surface area contributed by atoms with Crippen molar-refractivity contribution in [2.75, 3.05) is 26.2 Å². The van der Waals surface area contributed by atoms with Crippen molar-refractivity contribution < 1.29 is 14.0 Å². The lowest BCUT2D eigenvalue weighted by molar-refractivity contribution is -0.127. The minimum Gasteiger partial charge on any atom is -0.465 e. The Morgan fingerprint density at radius 1 is 1.08 bits per heavy atom. The number of rotatable bonds is 3. The molecule has 2 aromatic heterocycles. The van der Waals surface area contributed by atoms with E-state index in [0.29, 0.717) is 37.6 Å². The fourth-order valence-electron chi connectivity index (χ4n) is 3.46. The summed E-state index contributed by atoms with van der Waals surface area (Å²) in [6.07, 6.45) is 8.02. The minimum atomic E-state index is -0.0639. The monoisotopic (exact) mass is 354 g/mol. The third kappa shape index (κ3) is 3.42. The van der Waals surface area contributed by atoms with Gasteiger partial charge in [-0.25, -0.2) is 0 Å². The van der Waals surface area contributed by atoms with Crippen molar-refractivity contribution in [3.05, 3.63) is 47.7 Å². The summed E-state index contributed by atoms with van der Waals surface area (Å²) in [7, 11) is 0. The summed E-state index contributed by atoms with van der Waals surface area (Å²) < 4.78 is 7.14. The van der Waals surface area contributed by atoms with Gasteiger partial charge in [0.05, 0.1) is 6.26 Å². The van der Waals surface area contributed by atoms with Crippen LogP contribution < -0.4 is 0 Å². The Bertz CT molecular complexity index is 790. The van der Waals surface area contributed by atoms with E-state index in [1.807, 2.05) is 10.7 Å². The second-order valence-electron chi connectivity index (χ2n) is 6.67. The first-order valence-electron chi connectivity index (χ1n) is 9.07. The Kier molecular flexibility index (Phi) is 4.60. The molecule has 0 atom stereocenters. The second kappa shape index (κ2) is 7.19. The number of carbonyl (C=O) groups excluding carboxylic acids is 2. The molecular formula is C19H22N4O3. The van der Waals surface area contributed by atoms with Crippen LogP contribution in [0, 0.1) is 0 Å². The molecule has 0 N–H and O–H groups in total. The molecule has 0 aromatic carbocycles. The molecule has 2 aliphatic rings. The van der Waals surface area contributed by atoms with Gasteiger partial charge in [-0.1, -0.05) is 0 Å². The third-order valence-corrected chi connectivity index (χ3v) is 4.95. The summed E-state index contributed by atoms with van der Waals surface area (Å²) in [5.74, 6) is 0.548. The summed E-state index contributed by atoms with van der Waals surface area (Å²) in [6, 6.07) is 5.50. The van der Waals surface area contributed by atoms with Gasteiger partial charge in [0.15, 0.2) is 5.69 Å². The molecule has 26 heavy (non-hydrogen) atoms. The Balaban J connectivity index is 1.33. The topological polar surface area (TPSA) is 71.6 Å². The zero-order chi connectivity index (χ0) is 17.9. The van der Waals surface area contributed by atoms with Crippen molar-refractivity contribution in [2.45, 2.75) is 25.8 Å². The van der Waals surface area contributed by atoms with Gasteiger partial charge in [-0.2, -0.15) is 5.10 Å². The van der Waals surface area contributed by atoms with Gasteiger partial charge in [0.2, 0.25) is 5.91 Å². The number of furan rings is 1. The van der Waals surface area contributed by atoms with Crippen LogP contribution >= 0.6 is 0 Å². The van der Waals surface area contributed by atoms with Crippen molar-refractivity contribution >= 4 is 17.9 Å². The number of hydrogen-bond donors (Lipinski definition) is 0. The molecule has 0 aliphatic carbocycles. The molecule has 0 radical (unpaired) electrons. The molecule has 7 nitrogen and oxygen atoms in total. The molecule has 0 saturated carbocycles. The van der Waals surface area contributed by atoms with Gasteiger partial charge < -0.3 is 14.2 Å². The molecule has 136 valence electrons. The second-order valence-corrected chi connectivity index (χ2v) is 6.67. The van der Waals surface area contributed by atoms with Crippen molar-refractivity contribution in [3.8, 4) is 0 Å². The first kappa shape index (κ1) is 16.6. The van der Waals surface area contributed by atoms with Crippen LogP contribution in [0.5, 0.6) is 0 Å². The van der Waals surface area contributed by atoms with E-state index >= 15 is 0 Å². The van der Waals surface area contributed by atoms with Crippen LogP contribution in [0.15, 0.2) is 35.0 Å². The number of aromatic nitrogens is 2. The molecule has 2 amide bonds. The fourth-order valence-corrected chi connectivity index (χ4v) is 3.46. The molecule has 2 aromatic rings. The first-order chi connectivity index (χ1) is 12.7. The van der Waals surface area contributed by atoms with Crippen molar-refractivity contribution in [1.82, 2.24) is 19.6 Å². The van der Waals surface area contributed by atoms with E-state index < -0.39 is 0 Å². The van der Waals surface area contributed by atoms with Crippen molar-refractivity contribution in [2.24, 2.45) is 0 Å². The van der Waals surface area contributed by atoms with E-state index in [1.165, 1.54) is 6.08 Å². The van der Waals surface area contributed by atoms with Gasteiger partial charge in [-0.05, 0) is 43.5 Å². The molecule has 1 saturated heterocycles. The highest BCUT2D eigenvalue weighted by atomic mass is 16.3. The molecule has 0 bridgehead atoms. The maximum atomic E-state index is 12.7. The smallest absolute Gasteiger partial charge is 0.274 e. The normalized spacial score (nSPS) is 17.5. The molecule has 4 rings (SSSR count). The van der Waals surface area contributed by atoms with Gasteiger partial charge in [-0.3, -0.25) is 14.3 Å². The van der Waals surface area contributed by atoms with Crippen LogP contribution in [0.2, 0.25) is 0 Å². The average Bonchev–Trinajstić information content (AvgIpc) is 3.35. The van der Waals surface area contributed by atoms with E-state index in [2.05, 4.69) is 5.10 Å². The number of aryl methyl sites for hydroxylation is 2. The van der Waals surface area contributed by atoms with Crippen LogP contribution in [0.1, 0.15) is 34.8 Å². The Morgan fingerprint density at radius 3 is 2.62 bits per heavy atom. The van der Waals surface area contributed by atoms with Crippen LogP contribution in [0.25, 0.3) is 6.08 Å². The predicted molar refractivity (Wildman–Crippen MR) is 95.4 cm³/mol. The lowest BCUT2D eigenvalue weighted by Gasteiger charge is -2.33. The van der Waals surface area contributed by atoms with Gasteiger partial charge in [0.25, 0.3) is 5.91 Å². The number of piperazine rings is 1. The minimum absolute atomic E-state index is 0.0369. The summed E-state index contributed by atoms with van der Waals surface area (Å²) in [5, 5.41) is 4.46. The van der Waals surface area contributed by atoms with Gasteiger partial charge >= 0.3 is 0 Å². The summed E-state index contributed by atoms with van der Waals surface area (Å²) >= 11 is 0. The number of fused-ring (bicyclic) bond motifs is 1. The maximum absolute atomic E-state index is 12.7. The Hall–Kier alpha value is -2.83. The fraction of sp³-hybridized carbons (Fsp3) is 0.421. The summed E-state index contributed by atoms with van der Waals surface area (Å²) in [6.45, 7) is 3.01. The maximum Gasteiger partial charge on any atom is 0.274 e. The third-order valence-electron chi connectivity index (χ3n) is 4.95.